The molecule has 12 N–H and O–H groups in total. The Morgan fingerprint density at radius 2 is 0.567 bits per heavy atom. The summed E-state index contributed by atoms with van der Waals surface area (Å²) in [7, 11) is 0. The first-order valence-corrected chi connectivity index (χ1v) is 8.51. The third kappa shape index (κ3) is 4.74. The SMILES string of the molecule is Nc1nc2nc(n1)NCNc1nc(N)nc(n1)NCNc1nc(N)nc(n1)NCN2. The standard InChI is InChI=1S/C12H18N18/c13-4-22-7-16-1-17-8-23-5(14)25-10(29-8)19-3-21-12-27-6(15)26-11(30-12)20-2-18-9(24-4)28-7/h1-3H2,(H4,13,16,18,22,24,28)(H4,14,17,19,23,25,29)(H4,15,20,21,26,27,30). The van der Waals surface area contributed by atoms with E-state index in [0.29, 0.717) is 0 Å². The Hall–Kier alpha value is -4.77. The van der Waals surface area contributed by atoms with Gasteiger partial charge in [-0.1, -0.05) is 0 Å². The van der Waals surface area contributed by atoms with Crippen LogP contribution in [0.4, 0.5) is 53.5 Å². The molecule has 0 saturated carbocycles. The van der Waals surface area contributed by atoms with Crippen LogP contribution in [0.15, 0.2) is 0 Å². The highest BCUT2D eigenvalue weighted by molar-refractivity contribution is 5.45. The fourth-order valence-electron chi connectivity index (χ4n) is 2.26. The monoisotopic (exact) mass is 414 g/mol. The molecule has 0 fully saturated rings. The van der Waals surface area contributed by atoms with Crippen LogP contribution in [0.25, 0.3) is 0 Å². The molecule has 0 aliphatic carbocycles. The third-order valence-electron chi connectivity index (χ3n) is 3.44. The Morgan fingerprint density at radius 3 is 0.767 bits per heavy atom. The molecule has 156 valence electrons. The zero-order valence-electron chi connectivity index (χ0n) is 15.4. The van der Waals surface area contributed by atoms with Crippen molar-refractivity contribution in [3.05, 3.63) is 0 Å². The number of nitrogens with zero attached hydrogens (tertiary/aromatic N) is 9. The van der Waals surface area contributed by atoms with Gasteiger partial charge in [-0.25, -0.2) is 0 Å². The van der Waals surface area contributed by atoms with E-state index in [0.717, 1.165) is 0 Å². The van der Waals surface area contributed by atoms with Crippen LogP contribution in [-0.2, 0) is 0 Å². The van der Waals surface area contributed by atoms with Gasteiger partial charge in [0.15, 0.2) is 0 Å². The Labute approximate surface area is 168 Å². The lowest BCUT2D eigenvalue weighted by molar-refractivity contribution is 0.968. The van der Waals surface area contributed by atoms with Crippen molar-refractivity contribution < 1.29 is 0 Å². The van der Waals surface area contributed by atoms with Crippen LogP contribution in [0.1, 0.15) is 0 Å². The molecule has 0 amide bonds. The zero-order chi connectivity index (χ0) is 20.9. The molecule has 3 aromatic heterocycles. The molecule has 0 unspecified atom stereocenters. The third-order valence-corrected chi connectivity index (χ3v) is 3.44. The maximum Gasteiger partial charge on any atom is 0.230 e. The summed E-state index contributed by atoms with van der Waals surface area (Å²) >= 11 is 0. The number of nitrogens with two attached hydrogens (primary N) is 3. The maximum absolute atomic E-state index is 5.73. The van der Waals surface area contributed by atoms with Crippen molar-refractivity contribution in [2.24, 2.45) is 0 Å². The summed E-state index contributed by atoms with van der Waals surface area (Å²) in [5.41, 5.74) is 17.2. The molecule has 0 radical (unpaired) electrons. The van der Waals surface area contributed by atoms with E-state index in [4.69, 9.17) is 17.2 Å². The van der Waals surface area contributed by atoms with Gasteiger partial charge in [-0.3, -0.25) is 0 Å². The molecule has 1 aliphatic heterocycles. The molecular weight excluding hydrogens is 396 g/mol. The normalized spacial score (nSPS) is 13.6. The molecule has 6 bridgehead atoms. The van der Waals surface area contributed by atoms with Crippen LogP contribution in [0.5, 0.6) is 0 Å². The number of hydrogen-bond acceptors (Lipinski definition) is 18. The topological polar surface area (TPSA) is 266 Å². The van der Waals surface area contributed by atoms with Crippen molar-refractivity contribution in [3.8, 4) is 0 Å². The van der Waals surface area contributed by atoms with Crippen LogP contribution in [0, 0.1) is 0 Å². The minimum Gasteiger partial charge on any atom is -0.368 e. The number of nitrogen functional groups attached to an aromatic ring is 3. The van der Waals surface area contributed by atoms with E-state index in [2.05, 4.69) is 76.8 Å². The molecule has 3 aromatic rings. The molecule has 18 heteroatoms. The van der Waals surface area contributed by atoms with E-state index in [1.54, 1.807) is 0 Å². The summed E-state index contributed by atoms with van der Waals surface area (Å²) < 4.78 is 0. The maximum atomic E-state index is 5.73. The van der Waals surface area contributed by atoms with Crippen molar-refractivity contribution in [1.29, 1.82) is 0 Å². The molecule has 4 rings (SSSR count). The first-order chi connectivity index (χ1) is 14.5. The van der Waals surface area contributed by atoms with Gasteiger partial charge < -0.3 is 49.1 Å². The van der Waals surface area contributed by atoms with Gasteiger partial charge in [-0.05, 0) is 0 Å². The summed E-state index contributed by atoms with van der Waals surface area (Å²) in [5, 5.41) is 17.6. The van der Waals surface area contributed by atoms with Gasteiger partial charge in [0.25, 0.3) is 0 Å². The van der Waals surface area contributed by atoms with Gasteiger partial charge in [-0.15, -0.1) is 0 Å². The second kappa shape index (κ2) is 8.08. The van der Waals surface area contributed by atoms with Crippen molar-refractivity contribution in [2.75, 3.05) is 69.1 Å². The Morgan fingerprint density at radius 1 is 0.367 bits per heavy atom. The smallest absolute Gasteiger partial charge is 0.230 e. The van der Waals surface area contributed by atoms with E-state index in [-0.39, 0.29) is 73.5 Å². The highest BCUT2D eigenvalue weighted by Crippen LogP contribution is 2.10. The lowest BCUT2D eigenvalue weighted by atomic mass is 10.7. The number of aromatic nitrogens is 9. The van der Waals surface area contributed by atoms with E-state index >= 15 is 0 Å². The van der Waals surface area contributed by atoms with Crippen LogP contribution in [0.3, 0.4) is 0 Å². The van der Waals surface area contributed by atoms with Gasteiger partial charge in [0.2, 0.25) is 53.5 Å². The largest absolute Gasteiger partial charge is 0.368 e. The van der Waals surface area contributed by atoms with Crippen LogP contribution >= 0.6 is 0 Å². The highest BCUT2D eigenvalue weighted by Gasteiger charge is 2.09. The van der Waals surface area contributed by atoms with E-state index in [1.807, 2.05) is 0 Å². The Bertz CT molecular complexity index is 839. The Balaban J connectivity index is 1.61. The predicted molar refractivity (Wildman–Crippen MR) is 109 cm³/mol. The second-order valence-electron chi connectivity index (χ2n) is 5.61. The Kier molecular flexibility index (Phi) is 5.01. The fraction of sp³-hybridized carbons (Fsp3) is 0.250. The van der Waals surface area contributed by atoms with Crippen molar-refractivity contribution >= 4 is 53.5 Å². The van der Waals surface area contributed by atoms with E-state index in [1.165, 1.54) is 0 Å². The number of rotatable bonds is 0. The molecule has 4 heterocycles. The summed E-state index contributed by atoms with van der Waals surface area (Å²) in [6, 6.07) is 0. The molecule has 18 nitrogen and oxygen atoms in total. The number of nitrogens with one attached hydrogen (secondary N) is 6. The summed E-state index contributed by atoms with van der Waals surface area (Å²) in [5.74, 6) is 1.46. The first kappa shape index (κ1) is 18.6. The summed E-state index contributed by atoms with van der Waals surface area (Å²) in [6.07, 6.45) is 0. The molecule has 0 aromatic carbocycles. The number of hydrogen-bond donors (Lipinski definition) is 9. The van der Waals surface area contributed by atoms with E-state index in [9.17, 15) is 0 Å². The van der Waals surface area contributed by atoms with E-state index < -0.39 is 0 Å². The average Bonchev–Trinajstić information content (AvgIpc) is 2.66. The first-order valence-electron chi connectivity index (χ1n) is 8.51. The molecule has 30 heavy (non-hydrogen) atoms. The van der Waals surface area contributed by atoms with Crippen molar-refractivity contribution in [2.45, 2.75) is 0 Å². The molecular formula is C12H18N18. The minimum absolute atomic E-state index is 0.0242. The van der Waals surface area contributed by atoms with Crippen LogP contribution < -0.4 is 49.1 Å². The molecule has 0 atom stereocenters. The molecule has 0 spiro atoms. The lowest BCUT2D eigenvalue weighted by Gasteiger charge is -2.13. The van der Waals surface area contributed by atoms with Gasteiger partial charge in [0, 0.05) is 0 Å². The van der Waals surface area contributed by atoms with Gasteiger partial charge >= 0.3 is 0 Å². The lowest BCUT2D eigenvalue weighted by Crippen LogP contribution is -2.22. The molecule has 1 aliphatic rings. The summed E-state index contributed by atoms with van der Waals surface area (Å²) in [4.78, 5) is 36.7. The molecule has 0 saturated heterocycles. The van der Waals surface area contributed by atoms with Crippen molar-refractivity contribution in [1.82, 2.24) is 44.9 Å². The highest BCUT2D eigenvalue weighted by atomic mass is 15.3. The van der Waals surface area contributed by atoms with Crippen LogP contribution in [0.2, 0.25) is 0 Å². The van der Waals surface area contributed by atoms with Crippen LogP contribution in [-0.4, -0.2) is 64.9 Å². The fourth-order valence-corrected chi connectivity index (χ4v) is 2.26. The minimum atomic E-state index is 0.0242. The van der Waals surface area contributed by atoms with Crippen molar-refractivity contribution in [3.63, 3.8) is 0 Å². The number of anilines is 9. The van der Waals surface area contributed by atoms with Gasteiger partial charge in [0.05, 0.1) is 20.0 Å². The second-order valence-corrected chi connectivity index (χ2v) is 5.61. The van der Waals surface area contributed by atoms with Gasteiger partial charge in [0.1, 0.15) is 0 Å². The number of fused-ring (bicyclic) bond motifs is 6. The quantitative estimate of drug-likeness (QED) is 0.188. The average molecular weight is 414 g/mol. The van der Waals surface area contributed by atoms with Gasteiger partial charge in [-0.2, -0.15) is 44.9 Å². The predicted octanol–water partition coefficient (Wildman–Crippen LogP) is -2.25. The summed E-state index contributed by atoms with van der Waals surface area (Å²) in [6.45, 7) is 0.553. The zero-order valence-corrected chi connectivity index (χ0v) is 15.4.